The number of benzene rings is 2. The molecule has 0 aliphatic carbocycles. The highest BCUT2D eigenvalue weighted by molar-refractivity contribution is 8.93. The van der Waals surface area contributed by atoms with Gasteiger partial charge in [0.25, 0.3) is 0 Å². The molecule has 0 bridgehead atoms. The van der Waals surface area contributed by atoms with Crippen LogP contribution < -0.4 is 4.90 Å². The Bertz CT molecular complexity index is 969. The lowest BCUT2D eigenvalue weighted by Gasteiger charge is -2.36. The third kappa shape index (κ3) is 6.93. The number of hydrogen-bond acceptors (Lipinski definition) is 2. The van der Waals surface area contributed by atoms with Crippen molar-refractivity contribution in [1.29, 1.82) is 0 Å². The van der Waals surface area contributed by atoms with Crippen molar-refractivity contribution in [3.05, 3.63) is 78.4 Å². The number of anilines is 1. The van der Waals surface area contributed by atoms with Crippen molar-refractivity contribution in [2.24, 2.45) is 0 Å². The topological polar surface area (TPSA) is 9.49 Å². The summed E-state index contributed by atoms with van der Waals surface area (Å²) in [6, 6.07) is 17.8. The number of para-hydroxylation sites is 1. The summed E-state index contributed by atoms with van der Waals surface area (Å²) in [5, 5.41) is 0. The van der Waals surface area contributed by atoms with Crippen molar-refractivity contribution in [3.63, 3.8) is 0 Å². The van der Waals surface area contributed by atoms with E-state index in [0.29, 0.717) is 0 Å². The highest BCUT2D eigenvalue weighted by Gasteiger charge is 2.26. The van der Waals surface area contributed by atoms with Gasteiger partial charge in [-0.1, -0.05) is 69.5 Å². The Morgan fingerprint density at radius 3 is 2.35 bits per heavy atom. The van der Waals surface area contributed by atoms with Crippen LogP contribution in [0.3, 0.4) is 0 Å². The van der Waals surface area contributed by atoms with Crippen LogP contribution in [0.25, 0.3) is 6.08 Å². The molecule has 2 aromatic rings. The van der Waals surface area contributed by atoms with Crippen molar-refractivity contribution in [2.45, 2.75) is 45.4 Å². The van der Waals surface area contributed by atoms with Gasteiger partial charge in [0.15, 0.2) is 12.3 Å². The second kappa shape index (κ2) is 13.7. The Labute approximate surface area is 217 Å². The van der Waals surface area contributed by atoms with Crippen LogP contribution in [0.4, 0.5) is 11.4 Å². The molecule has 4 rings (SSSR count). The molecule has 34 heavy (non-hydrogen) atoms. The first-order chi connectivity index (χ1) is 16.3. The third-order valence-electron chi connectivity index (χ3n) is 6.99. The first-order valence-electron chi connectivity index (χ1n) is 12.9. The van der Waals surface area contributed by atoms with Gasteiger partial charge in [-0.2, -0.15) is 4.58 Å². The minimum Gasteiger partial charge on any atom is -0.369 e. The Hall–Kier alpha value is -2.17. The smallest absolute Gasteiger partial charge is 0.209 e. The normalized spacial score (nSPS) is 16.1. The predicted molar refractivity (Wildman–Crippen MR) is 153 cm³/mol. The Morgan fingerprint density at radius 2 is 1.62 bits per heavy atom. The molecule has 2 aliphatic heterocycles. The zero-order valence-corrected chi connectivity index (χ0v) is 22.5. The molecule has 0 saturated carbocycles. The van der Waals surface area contributed by atoms with E-state index in [1.165, 1.54) is 80.0 Å². The Kier molecular flexibility index (Phi) is 10.6. The van der Waals surface area contributed by atoms with E-state index in [4.69, 9.17) is 0 Å². The number of fused-ring (bicyclic) bond motifs is 1. The molecule has 0 N–H and O–H groups in total. The zero-order chi connectivity index (χ0) is 22.9. The van der Waals surface area contributed by atoms with Crippen LogP contribution in [0.5, 0.6) is 0 Å². The lowest BCUT2D eigenvalue weighted by atomic mass is 10.1. The fraction of sp³-hybridized carbons (Fsp3) is 0.433. The van der Waals surface area contributed by atoms with Gasteiger partial charge in [0.1, 0.15) is 0 Å². The predicted octanol–water partition coefficient (Wildman–Crippen LogP) is 6.90. The highest BCUT2D eigenvalue weighted by atomic mass is 79.9. The molecule has 2 aromatic carbocycles. The number of hydrogen-bond donors (Lipinski definition) is 0. The Balaban J connectivity index is 0.00000324. The molecule has 0 unspecified atom stereocenters. The average molecular weight is 524 g/mol. The van der Waals surface area contributed by atoms with Crippen LogP contribution in [0.15, 0.2) is 67.3 Å². The van der Waals surface area contributed by atoms with Crippen molar-refractivity contribution >= 4 is 40.1 Å². The van der Waals surface area contributed by atoms with E-state index in [-0.39, 0.29) is 17.0 Å². The van der Waals surface area contributed by atoms with E-state index in [1.54, 1.807) is 0 Å². The summed E-state index contributed by atoms with van der Waals surface area (Å²) >= 11 is 0. The lowest BCUT2D eigenvalue weighted by molar-refractivity contribution is -0.424. The molecular weight excluding hydrogens is 482 g/mol. The summed E-state index contributed by atoms with van der Waals surface area (Å²) in [6.45, 7) is 13.0. The second-order valence-electron chi connectivity index (χ2n) is 9.36. The summed E-state index contributed by atoms with van der Waals surface area (Å²) in [6.07, 6.45) is 14.4. The van der Waals surface area contributed by atoms with Crippen LogP contribution in [0, 0.1) is 0 Å². The molecule has 3 nitrogen and oxygen atoms in total. The number of nitrogens with zero attached hydrogens (tertiary/aromatic N) is 3. The number of rotatable bonds is 11. The number of halogens is 1. The molecule has 0 aromatic heterocycles. The van der Waals surface area contributed by atoms with E-state index >= 15 is 0 Å². The number of piperazine rings is 1. The summed E-state index contributed by atoms with van der Waals surface area (Å²) in [4.78, 5) is 5.18. The largest absolute Gasteiger partial charge is 0.369 e. The van der Waals surface area contributed by atoms with Gasteiger partial charge in [0.2, 0.25) is 5.69 Å². The van der Waals surface area contributed by atoms with Gasteiger partial charge >= 0.3 is 0 Å². The van der Waals surface area contributed by atoms with Gasteiger partial charge in [-0.3, -0.25) is 4.90 Å². The lowest BCUT2D eigenvalue weighted by Crippen LogP contribution is -2.46. The van der Waals surface area contributed by atoms with E-state index in [9.17, 15) is 0 Å². The molecule has 0 radical (unpaired) electrons. The fourth-order valence-electron chi connectivity index (χ4n) is 5.02. The fourth-order valence-corrected chi connectivity index (χ4v) is 5.02. The standard InChI is InChI=1S/C30H40N3.BrH/c1-3-5-6-7-10-20-31-21-23-32(24-22-31)28-16-13-26(14-17-28)15-18-29-25-27-11-8-9-12-30(27)33(29)19-4-2;/h4,8-9,11-18H,2-3,5-7,10,19-25H2,1H3;1H/q+1;. The molecule has 0 atom stereocenters. The second-order valence-corrected chi connectivity index (χ2v) is 9.36. The van der Waals surface area contributed by atoms with Crippen LogP contribution in [0.2, 0.25) is 0 Å². The molecule has 1 fully saturated rings. The SMILES string of the molecule is Br.C=CC[N+]1=C(/C=C/c2ccc(N3CCN(CCCCCCC)CC3)cc2)Cc2ccccc21. The van der Waals surface area contributed by atoms with Gasteiger partial charge in [0.05, 0.1) is 6.42 Å². The molecule has 182 valence electrons. The molecule has 2 aliphatic rings. The maximum atomic E-state index is 3.95. The van der Waals surface area contributed by atoms with Gasteiger partial charge in [-0.15, -0.1) is 17.0 Å². The van der Waals surface area contributed by atoms with Gasteiger partial charge in [-0.05, 0) is 42.8 Å². The van der Waals surface area contributed by atoms with Crippen LogP contribution in [0.1, 0.15) is 50.2 Å². The Morgan fingerprint density at radius 1 is 0.882 bits per heavy atom. The highest BCUT2D eigenvalue weighted by Crippen LogP contribution is 2.26. The maximum Gasteiger partial charge on any atom is 0.209 e. The molecule has 0 amide bonds. The van der Waals surface area contributed by atoms with Crippen molar-refractivity contribution in [3.8, 4) is 0 Å². The monoisotopic (exact) mass is 522 g/mol. The first-order valence-corrected chi connectivity index (χ1v) is 12.9. The van der Waals surface area contributed by atoms with Crippen LogP contribution >= 0.6 is 17.0 Å². The quantitative estimate of drug-likeness (QED) is 0.180. The summed E-state index contributed by atoms with van der Waals surface area (Å²) < 4.78 is 2.37. The minimum atomic E-state index is 0. The molecule has 1 saturated heterocycles. The van der Waals surface area contributed by atoms with E-state index < -0.39 is 0 Å². The number of unbranched alkanes of at least 4 members (excludes halogenated alkanes) is 4. The maximum absolute atomic E-state index is 3.95. The van der Waals surface area contributed by atoms with Gasteiger partial charge in [-0.25, -0.2) is 0 Å². The van der Waals surface area contributed by atoms with Gasteiger partial charge in [0, 0.05) is 49.6 Å². The van der Waals surface area contributed by atoms with Crippen LogP contribution in [-0.2, 0) is 6.42 Å². The molecular formula is C30H41BrN3+. The minimum absolute atomic E-state index is 0. The van der Waals surface area contributed by atoms with Crippen molar-refractivity contribution in [2.75, 3.05) is 44.2 Å². The summed E-state index contributed by atoms with van der Waals surface area (Å²) in [5.41, 5.74) is 6.66. The zero-order valence-electron chi connectivity index (χ0n) is 20.8. The van der Waals surface area contributed by atoms with Gasteiger partial charge < -0.3 is 4.90 Å². The summed E-state index contributed by atoms with van der Waals surface area (Å²) in [5.74, 6) is 0. The number of allylic oxidation sites excluding steroid dienone is 1. The van der Waals surface area contributed by atoms with Crippen LogP contribution in [-0.4, -0.2) is 54.5 Å². The third-order valence-corrected chi connectivity index (χ3v) is 6.99. The van der Waals surface area contributed by atoms with E-state index in [1.807, 2.05) is 6.08 Å². The summed E-state index contributed by atoms with van der Waals surface area (Å²) in [7, 11) is 0. The molecule has 4 heteroatoms. The molecule has 2 heterocycles. The van der Waals surface area contributed by atoms with E-state index in [2.05, 4.69) is 88.6 Å². The van der Waals surface area contributed by atoms with Crippen molar-refractivity contribution in [1.82, 2.24) is 4.90 Å². The van der Waals surface area contributed by atoms with Crippen molar-refractivity contribution < 1.29 is 4.58 Å². The first kappa shape index (κ1) is 26.4. The van der Waals surface area contributed by atoms with E-state index in [0.717, 1.165) is 26.1 Å². The molecule has 0 spiro atoms. The average Bonchev–Trinajstić information content (AvgIpc) is 3.21.